The largest absolute Gasteiger partial charge is 0.328 e. The van der Waals surface area contributed by atoms with Gasteiger partial charge in [-0.25, -0.2) is 0 Å². The first-order valence-corrected chi connectivity index (χ1v) is 5.64. The smallest absolute Gasteiger partial charge is 0.00104 e. The Bertz CT molecular complexity index is 108. The van der Waals surface area contributed by atoms with Gasteiger partial charge in [0.05, 0.1) is 0 Å². The second-order valence-electron chi connectivity index (χ2n) is 3.96. The van der Waals surface area contributed by atoms with Crippen LogP contribution in [0.3, 0.4) is 0 Å². The van der Waals surface area contributed by atoms with Crippen LogP contribution in [0, 0.1) is 0 Å². The molecule has 0 fully saturated rings. The van der Waals surface area contributed by atoms with E-state index in [1.807, 2.05) is 6.08 Å². The van der Waals surface area contributed by atoms with E-state index in [-0.39, 0.29) is 0 Å². The molecule has 0 rings (SSSR count). The molecule has 0 aliphatic rings. The van der Waals surface area contributed by atoms with Crippen molar-refractivity contribution in [3.8, 4) is 0 Å². The third-order valence-corrected chi connectivity index (χ3v) is 2.32. The maximum Gasteiger partial charge on any atom is 0.00104 e. The second kappa shape index (κ2) is 9.79. The molecule has 0 aromatic carbocycles. The zero-order chi connectivity index (χ0) is 9.94. The van der Waals surface area contributed by atoms with Gasteiger partial charge >= 0.3 is 0 Å². The third-order valence-electron chi connectivity index (χ3n) is 2.32. The molecule has 0 aliphatic heterocycles. The monoisotopic (exact) mass is 183 g/mol. The minimum atomic E-state index is 0.390. The van der Waals surface area contributed by atoms with Gasteiger partial charge in [0.1, 0.15) is 0 Å². The summed E-state index contributed by atoms with van der Waals surface area (Å²) in [6.07, 6.45) is 12.5. The first kappa shape index (κ1) is 12.7. The summed E-state index contributed by atoms with van der Waals surface area (Å²) in [5, 5.41) is 0. The fourth-order valence-electron chi connectivity index (χ4n) is 1.46. The van der Waals surface area contributed by atoms with Gasteiger partial charge < -0.3 is 5.73 Å². The van der Waals surface area contributed by atoms with E-state index in [9.17, 15) is 0 Å². The molecule has 0 bridgehead atoms. The quantitative estimate of drug-likeness (QED) is 0.428. The molecular formula is C12H25N. The lowest BCUT2D eigenvalue weighted by atomic mass is 10.1. The van der Waals surface area contributed by atoms with E-state index in [2.05, 4.69) is 13.5 Å². The Morgan fingerprint density at radius 3 is 2.15 bits per heavy atom. The number of unbranched alkanes of at least 4 members (excludes halogenated alkanes) is 6. The van der Waals surface area contributed by atoms with Crippen molar-refractivity contribution in [2.45, 2.75) is 64.3 Å². The summed E-state index contributed by atoms with van der Waals surface area (Å²) in [5.74, 6) is 0. The minimum Gasteiger partial charge on any atom is -0.328 e. The summed E-state index contributed by atoms with van der Waals surface area (Å²) in [6, 6.07) is 0.390. The van der Waals surface area contributed by atoms with Gasteiger partial charge in [0, 0.05) is 6.04 Å². The Morgan fingerprint density at radius 1 is 1.08 bits per heavy atom. The third kappa shape index (κ3) is 11.7. The number of allylic oxidation sites excluding steroid dienone is 1. The summed E-state index contributed by atoms with van der Waals surface area (Å²) >= 11 is 0. The van der Waals surface area contributed by atoms with Gasteiger partial charge in [-0.1, -0.05) is 38.2 Å². The molecule has 0 aromatic rings. The van der Waals surface area contributed by atoms with Crippen molar-refractivity contribution in [3.05, 3.63) is 12.7 Å². The van der Waals surface area contributed by atoms with E-state index in [4.69, 9.17) is 5.73 Å². The van der Waals surface area contributed by atoms with E-state index in [1.165, 1.54) is 51.4 Å². The summed E-state index contributed by atoms with van der Waals surface area (Å²) in [5.41, 5.74) is 5.66. The van der Waals surface area contributed by atoms with Crippen LogP contribution in [0.25, 0.3) is 0 Å². The average molecular weight is 183 g/mol. The molecule has 13 heavy (non-hydrogen) atoms. The highest BCUT2D eigenvalue weighted by Gasteiger charge is 1.94. The van der Waals surface area contributed by atoms with Gasteiger partial charge in [-0.2, -0.15) is 0 Å². The normalized spacial score (nSPS) is 12.8. The van der Waals surface area contributed by atoms with Gasteiger partial charge in [0.25, 0.3) is 0 Å². The summed E-state index contributed by atoms with van der Waals surface area (Å²) < 4.78 is 0. The van der Waals surface area contributed by atoms with Crippen LogP contribution in [-0.4, -0.2) is 6.04 Å². The molecule has 1 nitrogen and oxygen atoms in total. The molecule has 1 unspecified atom stereocenters. The molecule has 1 atom stereocenters. The summed E-state index contributed by atoms with van der Waals surface area (Å²) in [7, 11) is 0. The second-order valence-corrected chi connectivity index (χ2v) is 3.96. The van der Waals surface area contributed by atoms with Crippen LogP contribution < -0.4 is 5.73 Å². The molecule has 0 amide bonds. The lowest BCUT2D eigenvalue weighted by Gasteiger charge is -2.03. The topological polar surface area (TPSA) is 26.0 Å². The standard InChI is InChI=1S/C12H25N/c1-3-4-5-6-7-8-9-10-11-12(2)13/h3,12H,1,4-11,13H2,2H3. The number of hydrogen-bond donors (Lipinski definition) is 1. The minimum absolute atomic E-state index is 0.390. The van der Waals surface area contributed by atoms with Crippen molar-refractivity contribution >= 4 is 0 Å². The summed E-state index contributed by atoms with van der Waals surface area (Å²) in [6.45, 7) is 5.80. The number of rotatable bonds is 9. The van der Waals surface area contributed by atoms with Crippen molar-refractivity contribution < 1.29 is 0 Å². The lowest BCUT2D eigenvalue weighted by molar-refractivity contribution is 0.550. The van der Waals surface area contributed by atoms with Crippen molar-refractivity contribution in [3.63, 3.8) is 0 Å². The Hall–Kier alpha value is -0.300. The van der Waals surface area contributed by atoms with Gasteiger partial charge in [-0.05, 0) is 26.2 Å². The lowest BCUT2D eigenvalue weighted by Crippen LogP contribution is -2.13. The zero-order valence-electron chi connectivity index (χ0n) is 9.10. The van der Waals surface area contributed by atoms with Gasteiger partial charge in [-0.15, -0.1) is 6.58 Å². The molecule has 0 saturated carbocycles. The average Bonchev–Trinajstić information content (AvgIpc) is 2.09. The zero-order valence-corrected chi connectivity index (χ0v) is 9.10. The molecule has 2 N–H and O–H groups in total. The van der Waals surface area contributed by atoms with Crippen LogP contribution in [0.1, 0.15) is 58.3 Å². The molecule has 0 aromatic heterocycles. The highest BCUT2D eigenvalue weighted by atomic mass is 14.6. The Morgan fingerprint density at radius 2 is 1.62 bits per heavy atom. The van der Waals surface area contributed by atoms with Gasteiger partial charge in [0.2, 0.25) is 0 Å². The van der Waals surface area contributed by atoms with Crippen molar-refractivity contribution in [1.29, 1.82) is 0 Å². The van der Waals surface area contributed by atoms with E-state index >= 15 is 0 Å². The highest BCUT2D eigenvalue weighted by Crippen LogP contribution is 2.09. The molecule has 0 radical (unpaired) electrons. The first-order chi connectivity index (χ1) is 6.27. The van der Waals surface area contributed by atoms with Gasteiger partial charge in [-0.3, -0.25) is 0 Å². The Balaban J connectivity index is 2.87. The van der Waals surface area contributed by atoms with E-state index in [1.54, 1.807) is 0 Å². The van der Waals surface area contributed by atoms with E-state index < -0.39 is 0 Å². The van der Waals surface area contributed by atoms with Gasteiger partial charge in [0.15, 0.2) is 0 Å². The number of nitrogens with two attached hydrogens (primary N) is 1. The molecule has 0 saturated heterocycles. The molecule has 0 aliphatic carbocycles. The van der Waals surface area contributed by atoms with Crippen molar-refractivity contribution in [2.75, 3.05) is 0 Å². The molecular weight excluding hydrogens is 158 g/mol. The van der Waals surface area contributed by atoms with Crippen LogP contribution in [0.5, 0.6) is 0 Å². The SMILES string of the molecule is C=CCCCCCCCCC(C)N. The maximum absolute atomic E-state index is 5.66. The van der Waals surface area contributed by atoms with E-state index in [0.29, 0.717) is 6.04 Å². The van der Waals surface area contributed by atoms with Crippen LogP contribution in [0.15, 0.2) is 12.7 Å². The summed E-state index contributed by atoms with van der Waals surface area (Å²) in [4.78, 5) is 0. The van der Waals surface area contributed by atoms with E-state index in [0.717, 1.165) is 0 Å². The Kier molecular flexibility index (Phi) is 9.56. The predicted molar refractivity (Wildman–Crippen MR) is 60.8 cm³/mol. The predicted octanol–water partition coefficient (Wildman–Crippen LogP) is 3.64. The van der Waals surface area contributed by atoms with Crippen LogP contribution in [0.4, 0.5) is 0 Å². The first-order valence-electron chi connectivity index (χ1n) is 5.64. The maximum atomic E-state index is 5.66. The highest BCUT2D eigenvalue weighted by molar-refractivity contribution is 4.65. The van der Waals surface area contributed by atoms with Crippen LogP contribution in [0.2, 0.25) is 0 Å². The molecule has 0 heterocycles. The van der Waals surface area contributed by atoms with Crippen LogP contribution >= 0.6 is 0 Å². The fraction of sp³-hybridized carbons (Fsp3) is 0.833. The van der Waals surface area contributed by atoms with Crippen molar-refractivity contribution in [2.24, 2.45) is 5.73 Å². The van der Waals surface area contributed by atoms with Crippen LogP contribution in [-0.2, 0) is 0 Å². The fourth-order valence-corrected chi connectivity index (χ4v) is 1.46. The Labute approximate surface area is 83.4 Å². The molecule has 1 heteroatoms. The van der Waals surface area contributed by atoms with Crippen molar-refractivity contribution in [1.82, 2.24) is 0 Å². The molecule has 0 spiro atoms. The number of hydrogen-bond acceptors (Lipinski definition) is 1. The molecule has 78 valence electrons.